The molecule has 1 heterocycles. The van der Waals surface area contributed by atoms with Crippen LogP contribution in [0.25, 0.3) is 10.9 Å². The third-order valence-corrected chi connectivity index (χ3v) is 2.78. The van der Waals surface area contributed by atoms with E-state index in [2.05, 4.69) is 4.98 Å². The van der Waals surface area contributed by atoms with Gasteiger partial charge in [0.25, 0.3) is 0 Å². The van der Waals surface area contributed by atoms with Crippen LogP contribution in [0.15, 0.2) is 18.2 Å². The van der Waals surface area contributed by atoms with Crippen molar-refractivity contribution in [3.05, 3.63) is 35.3 Å². The van der Waals surface area contributed by atoms with E-state index in [0.29, 0.717) is 34.3 Å². The first-order valence-corrected chi connectivity index (χ1v) is 5.43. The Hall–Kier alpha value is -1.97. The third kappa shape index (κ3) is 1.86. The highest BCUT2D eigenvalue weighted by atomic mass is 19.1. The smallest absolute Gasteiger partial charge is 0.178 e. The van der Waals surface area contributed by atoms with Crippen LogP contribution in [0.5, 0.6) is 0 Å². The Balaban J connectivity index is 2.87. The van der Waals surface area contributed by atoms with Gasteiger partial charge < -0.3 is 5.73 Å². The van der Waals surface area contributed by atoms with Crippen LogP contribution >= 0.6 is 0 Å². The van der Waals surface area contributed by atoms with Crippen LogP contribution in [-0.2, 0) is 6.42 Å². The molecule has 0 radical (unpaired) electrons. The van der Waals surface area contributed by atoms with E-state index in [1.807, 2.05) is 6.92 Å². The number of anilines is 1. The lowest BCUT2D eigenvalue weighted by Gasteiger charge is -2.11. The number of Topliss-reactive ketones (excluding diaryl/α,β-unsaturated/α-hetero) is 1. The van der Waals surface area contributed by atoms with Crippen molar-refractivity contribution in [2.75, 3.05) is 5.73 Å². The lowest BCUT2D eigenvalue weighted by atomic mass is 10.0. The first-order valence-electron chi connectivity index (χ1n) is 5.43. The van der Waals surface area contributed by atoms with Gasteiger partial charge in [-0.15, -0.1) is 0 Å². The van der Waals surface area contributed by atoms with Crippen LogP contribution < -0.4 is 5.73 Å². The van der Waals surface area contributed by atoms with Gasteiger partial charge in [-0.3, -0.25) is 4.79 Å². The van der Waals surface area contributed by atoms with E-state index in [-0.39, 0.29) is 11.6 Å². The largest absolute Gasteiger partial charge is 0.398 e. The van der Waals surface area contributed by atoms with Gasteiger partial charge in [-0.05, 0) is 24.6 Å². The first kappa shape index (κ1) is 11.5. The number of rotatable bonds is 2. The van der Waals surface area contributed by atoms with Crippen molar-refractivity contribution in [2.24, 2.45) is 0 Å². The SMILES string of the molecule is CCc1c(C(C)=O)nc2ccc(F)cc2c1N. The highest BCUT2D eigenvalue weighted by Crippen LogP contribution is 2.27. The van der Waals surface area contributed by atoms with Crippen molar-refractivity contribution >= 4 is 22.4 Å². The summed E-state index contributed by atoms with van der Waals surface area (Å²) in [6, 6.07) is 4.19. The molecule has 17 heavy (non-hydrogen) atoms. The van der Waals surface area contributed by atoms with Gasteiger partial charge in [-0.1, -0.05) is 6.92 Å². The summed E-state index contributed by atoms with van der Waals surface area (Å²) in [5.41, 5.74) is 8.04. The van der Waals surface area contributed by atoms with E-state index in [4.69, 9.17) is 5.73 Å². The van der Waals surface area contributed by atoms with Gasteiger partial charge in [-0.25, -0.2) is 9.37 Å². The average molecular weight is 232 g/mol. The maximum Gasteiger partial charge on any atom is 0.178 e. The number of nitrogen functional groups attached to an aromatic ring is 1. The molecular formula is C13H13FN2O. The maximum absolute atomic E-state index is 13.2. The molecule has 3 nitrogen and oxygen atoms in total. The van der Waals surface area contributed by atoms with Crippen molar-refractivity contribution in [1.82, 2.24) is 4.98 Å². The number of hydrogen-bond acceptors (Lipinski definition) is 3. The van der Waals surface area contributed by atoms with E-state index in [9.17, 15) is 9.18 Å². The minimum Gasteiger partial charge on any atom is -0.398 e. The average Bonchev–Trinajstić information content (AvgIpc) is 2.29. The van der Waals surface area contributed by atoms with Crippen LogP contribution in [0.3, 0.4) is 0 Å². The molecular weight excluding hydrogens is 219 g/mol. The molecule has 2 N–H and O–H groups in total. The number of aromatic nitrogens is 1. The van der Waals surface area contributed by atoms with Gasteiger partial charge in [0.05, 0.1) is 5.52 Å². The molecule has 4 heteroatoms. The van der Waals surface area contributed by atoms with Gasteiger partial charge in [0.2, 0.25) is 0 Å². The second kappa shape index (κ2) is 4.13. The second-order valence-corrected chi connectivity index (χ2v) is 3.92. The summed E-state index contributed by atoms with van der Waals surface area (Å²) in [7, 11) is 0. The van der Waals surface area contributed by atoms with Crippen molar-refractivity contribution in [3.63, 3.8) is 0 Å². The lowest BCUT2D eigenvalue weighted by molar-refractivity contribution is 0.101. The quantitative estimate of drug-likeness (QED) is 0.810. The molecule has 2 rings (SSSR count). The van der Waals surface area contributed by atoms with Gasteiger partial charge in [0, 0.05) is 23.6 Å². The molecule has 1 aromatic carbocycles. The number of pyridine rings is 1. The van der Waals surface area contributed by atoms with Gasteiger partial charge >= 0.3 is 0 Å². The van der Waals surface area contributed by atoms with Crippen LogP contribution in [0, 0.1) is 5.82 Å². The Kier molecular flexibility index (Phi) is 2.79. The van der Waals surface area contributed by atoms with Crippen LogP contribution in [0.2, 0.25) is 0 Å². The van der Waals surface area contributed by atoms with Crippen molar-refractivity contribution in [3.8, 4) is 0 Å². The number of ketones is 1. The number of benzene rings is 1. The molecule has 0 saturated heterocycles. The molecule has 0 saturated carbocycles. The summed E-state index contributed by atoms with van der Waals surface area (Å²) in [6.45, 7) is 3.35. The number of carbonyl (C=O) groups is 1. The minimum absolute atomic E-state index is 0.125. The molecule has 0 fully saturated rings. The fourth-order valence-electron chi connectivity index (χ4n) is 1.95. The molecule has 2 aromatic rings. The number of carbonyl (C=O) groups excluding carboxylic acids is 1. The Labute approximate surface area is 98.5 Å². The topological polar surface area (TPSA) is 56.0 Å². The van der Waals surface area contributed by atoms with E-state index in [1.165, 1.54) is 25.1 Å². The minimum atomic E-state index is -0.358. The zero-order valence-corrected chi connectivity index (χ0v) is 9.75. The molecule has 88 valence electrons. The number of fused-ring (bicyclic) bond motifs is 1. The number of nitrogens with zero attached hydrogens (tertiary/aromatic N) is 1. The van der Waals surface area contributed by atoms with Crippen molar-refractivity contribution in [2.45, 2.75) is 20.3 Å². The van der Waals surface area contributed by atoms with Crippen molar-refractivity contribution < 1.29 is 9.18 Å². The number of hydrogen-bond donors (Lipinski definition) is 1. The molecule has 0 unspecified atom stereocenters. The standard InChI is InChI=1S/C13H13FN2O/c1-3-9-12(15)10-6-8(14)4-5-11(10)16-13(9)7(2)17/h4-6H,3H2,1-2H3,(H2,15,16). The molecule has 0 aliphatic heterocycles. The van der Waals surface area contributed by atoms with E-state index >= 15 is 0 Å². The van der Waals surface area contributed by atoms with Crippen LogP contribution in [-0.4, -0.2) is 10.8 Å². The van der Waals surface area contributed by atoms with Gasteiger partial charge in [0.15, 0.2) is 5.78 Å². The van der Waals surface area contributed by atoms with E-state index in [1.54, 1.807) is 0 Å². The van der Waals surface area contributed by atoms with Crippen LogP contribution in [0.4, 0.5) is 10.1 Å². The molecule has 0 atom stereocenters. The van der Waals surface area contributed by atoms with Gasteiger partial charge in [-0.2, -0.15) is 0 Å². The predicted octanol–water partition coefficient (Wildman–Crippen LogP) is 2.72. The lowest BCUT2D eigenvalue weighted by Crippen LogP contribution is -2.07. The Morgan fingerprint density at radius 3 is 2.76 bits per heavy atom. The van der Waals surface area contributed by atoms with Crippen molar-refractivity contribution in [1.29, 1.82) is 0 Å². The molecule has 0 amide bonds. The third-order valence-electron chi connectivity index (χ3n) is 2.78. The normalized spacial score (nSPS) is 10.8. The number of halogens is 1. The highest BCUT2D eigenvalue weighted by Gasteiger charge is 2.14. The van der Waals surface area contributed by atoms with E-state index < -0.39 is 0 Å². The Morgan fingerprint density at radius 2 is 2.18 bits per heavy atom. The first-order chi connectivity index (χ1) is 8.04. The molecule has 1 aromatic heterocycles. The predicted molar refractivity (Wildman–Crippen MR) is 65.5 cm³/mol. The zero-order chi connectivity index (χ0) is 12.6. The second-order valence-electron chi connectivity index (χ2n) is 3.92. The fraction of sp³-hybridized carbons (Fsp3) is 0.231. The molecule has 0 bridgehead atoms. The summed E-state index contributed by atoms with van der Waals surface area (Å²) < 4.78 is 13.2. The monoisotopic (exact) mass is 232 g/mol. The van der Waals surface area contributed by atoms with Crippen LogP contribution in [0.1, 0.15) is 29.9 Å². The Morgan fingerprint density at radius 1 is 1.47 bits per heavy atom. The molecule has 0 aliphatic rings. The molecule has 0 spiro atoms. The number of nitrogens with two attached hydrogens (primary N) is 1. The molecule has 0 aliphatic carbocycles. The maximum atomic E-state index is 13.2. The summed E-state index contributed by atoms with van der Waals surface area (Å²) in [5.74, 6) is -0.483. The van der Waals surface area contributed by atoms with Gasteiger partial charge in [0.1, 0.15) is 11.5 Å². The summed E-state index contributed by atoms with van der Waals surface area (Å²) >= 11 is 0. The fourth-order valence-corrected chi connectivity index (χ4v) is 1.95. The summed E-state index contributed by atoms with van der Waals surface area (Å²) in [4.78, 5) is 15.7. The Bertz CT molecular complexity index is 608. The summed E-state index contributed by atoms with van der Waals surface area (Å²) in [5, 5.41) is 0.562. The van der Waals surface area contributed by atoms with E-state index in [0.717, 1.165) is 0 Å². The highest BCUT2D eigenvalue weighted by molar-refractivity contribution is 6.01. The zero-order valence-electron chi connectivity index (χ0n) is 9.75. The summed E-state index contributed by atoms with van der Waals surface area (Å²) in [6.07, 6.45) is 0.597.